The lowest BCUT2D eigenvalue weighted by atomic mass is 10.1. The van der Waals surface area contributed by atoms with Crippen molar-refractivity contribution in [3.05, 3.63) is 36.5 Å². The fourth-order valence-electron chi connectivity index (χ4n) is 6.23. The van der Waals surface area contributed by atoms with Crippen LogP contribution in [0, 0.1) is 0 Å². The van der Waals surface area contributed by atoms with E-state index in [0.717, 1.165) is 57.8 Å². The second-order valence-electron chi connectivity index (χ2n) is 15.0. The molecule has 0 saturated carbocycles. The van der Waals surface area contributed by atoms with Gasteiger partial charge in [-0.05, 0) is 70.6 Å². The molecule has 5 nitrogen and oxygen atoms in total. The van der Waals surface area contributed by atoms with Crippen LogP contribution < -0.4 is 0 Å². The highest BCUT2D eigenvalue weighted by Crippen LogP contribution is 2.13. The number of ether oxygens (including phenoxy) is 3. The molecule has 0 fully saturated rings. The van der Waals surface area contributed by atoms with E-state index in [1.54, 1.807) is 0 Å². The highest BCUT2D eigenvalue weighted by molar-refractivity contribution is 5.70. The van der Waals surface area contributed by atoms with Gasteiger partial charge in [0.05, 0.1) is 6.61 Å². The molecule has 1 atom stereocenters. The Morgan fingerprint density at radius 2 is 0.827 bits per heavy atom. The lowest BCUT2D eigenvalue weighted by Crippen LogP contribution is -2.30. The molecule has 0 aromatic carbocycles. The molecule has 0 radical (unpaired) electrons. The Balaban J connectivity index is 4.23. The SMILES string of the molecule is CCCC/C=C\CCCCCCCCOCC(COC(=O)CCCCCCC/C=C\C/C=C\CCCCC)OC(=O)CCCCCCCCCCC. The molecular weight excluding hydrogens is 645 g/mol. The van der Waals surface area contributed by atoms with E-state index < -0.39 is 6.10 Å². The summed E-state index contributed by atoms with van der Waals surface area (Å²) < 4.78 is 17.3. The quantitative estimate of drug-likeness (QED) is 0.0356. The second-order valence-corrected chi connectivity index (χ2v) is 15.0. The summed E-state index contributed by atoms with van der Waals surface area (Å²) in [6.45, 7) is 7.74. The normalized spacial score (nSPS) is 12.4. The molecule has 0 amide bonds. The van der Waals surface area contributed by atoms with Crippen LogP contribution in [0.3, 0.4) is 0 Å². The van der Waals surface area contributed by atoms with Crippen molar-refractivity contribution in [2.45, 2.75) is 232 Å². The average molecular weight is 731 g/mol. The first-order valence-electron chi connectivity index (χ1n) is 22.5. The van der Waals surface area contributed by atoms with Crippen LogP contribution in [0.15, 0.2) is 36.5 Å². The fourth-order valence-corrected chi connectivity index (χ4v) is 6.23. The molecule has 0 spiro atoms. The van der Waals surface area contributed by atoms with Crippen molar-refractivity contribution in [1.82, 2.24) is 0 Å². The van der Waals surface area contributed by atoms with Crippen molar-refractivity contribution in [2.24, 2.45) is 0 Å². The maximum Gasteiger partial charge on any atom is 0.306 e. The third-order valence-electron chi connectivity index (χ3n) is 9.65. The van der Waals surface area contributed by atoms with Crippen LogP contribution in [0.25, 0.3) is 0 Å². The van der Waals surface area contributed by atoms with Crippen molar-refractivity contribution < 1.29 is 23.8 Å². The molecule has 1 unspecified atom stereocenters. The molecule has 0 saturated heterocycles. The summed E-state index contributed by atoms with van der Waals surface area (Å²) in [6, 6.07) is 0. The van der Waals surface area contributed by atoms with Crippen molar-refractivity contribution in [3.63, 3.8) is 0 Å². The number of unbranched alkanes of at least 4 members (excludes halogenated alkanes) is 24. The lowest BCUT2D eigenvalue weighted by Gasteiger charge is -2.18. The smallest absolute Gasteiger partial charge is 0.306 e. The largest absolute Gasteiger partial charge is 0.462 e. The number of hydrogen-bond acceptors (Lipinski definition) is 5. The van der Waals surface area contributed by atoms with Gasteiger partial charge in [-0.25, -0.2) is 0 Å². The summed E-state index contributed by atoms with van der Waals surface area (Å²) in [5.74, 6) is -0.413. The van der Waals surface area contributed by atoms with Gasteiger partial charge in [0.1, 0.15) is 6.61 Å². The molecule has 0 heterocycles. The number of esters is 2. The molecule has 0 bridgehead atoms. The Hall–Kier alpha value is -1.88. The second kappa shape index (κ2) is 43.5. The number of allylic oxidation sites excluding steroid dienone is 6. The Labute approximate surface area is 323 Å². The third kappa shape index (κ3) is 40.9. The van der Waals surface area contributed by atoms with E-state index in [9.17, 15) is 9.59 Å². The zero-order valence-electron chi connectivity index (χ0n) is 34.8. The summed E-state index contributed by atoms with van der Waals surface area (Å²) in [5, 5.41) is 0. The molecular formula is C47H86O5. The van der Waals surface area contributed by atoms with Gasteiger partial charge in [-0.2, -0.15) is 0 Å². The third-order valence-corrected chi connectivity index (χ3v) is 9.65. The molecule has 0 aromatic heterocycles. The highest BCUT2D eigenvalue weighted by atomic mass is 16.6. The summed E-state index contributed by atoms with van der Waals surface area (Å²) in [6.07, 6.45) is 49.9. The molecule has 0 rings (SSSR count). The van der Waals surface area contributed by atoms with Gasteiger partial charge in [0, 0.05) is 19.4 Å². The minimum atomic E-state index is -0.537. The van der Waals surface area contributed by atoms with Crippen LogP contribution in [0.2, 0.25) is 0 Å². The molecule has 0 aliphatic heterocycles. The number of carbonyl (C=O) groups is 2. The number of carbonyl (C=O) groups excluding carboxylic acids is 2. The minimum Gasteiger partial charge on any atom is -0.462 e. The first-order valence-corrected chi connectivity index (χ1v) is 22.5. The first kappa shape index (κ1) is 50.1. The van der Waals surface area contributed by atoms with Gasteiger partial charge in [-0.3, -0.25) is 9.59 Å². The van der Waals surface area contributed by atoms with Crippen LogP contribution in [-0.2, 0) is 23.8 Å². The van der Waals surface area contributed by atoms with Gasteiger partial charge in [-0.1, -0.05) is 179 Å². The minimum absolute atomic E-state index is 0.0789. The Bertz CT molecular complexity index is 832. The van der Waals surface area contributed by atoms with E-state index in [1.807, 2.05) is 0 Å². The first-order chi connectivity index (χ1) is 25.6. The molecule has 0 aliphatic carbocycles. The summed E-state index contributed by atoms with van der Waals surface area (Å²) in [5.41, 5.74) is 0. The van der Waals surface area contributed by atoms with Crippen molar-refractivity contribution >= 4 is 11.9 Å². The average Bonchev–Trinajstić information content (AvgIpc) is 3.14. The predicted octanol–water partition coefficient (Wildman–Crippen LogP) is 14.7. The lowest BCUT2D eigenvalue weighted by molar-refractivity contribution is -0.163. The number of rotatable bonds is 41. The molecule has 0 aromatic rings. The van der Waals surface area contributed by atoms with E-state index in [-0.39, 0.29) is 25.2 Å². The van der Waals surface area contributed by atoms with Gasteiger partial charge >= 0.3 is 11.9 Å². The Morgan fingerprint density at radius 3 is 1.38 bits per heavy atom. The van der Waals surface area contributed by atoms with E-state index in [4.69, 9.17) is 14.2 Å². The van der Waals surface area contributed by atoms with Gasteiger partial charge < -0.3 is 14.2 Å². The standard InChI is InChI=1S/C47H86O5/c1-4-7-10-13-16-19-21-23-24-25-26-29-31-34-37-40-46(48)51-44-45(52-47(49)41-38-35-32-28-18-15-12-9-6-3)43-50-42-39-36-33-30-27-22-20-17-14-11-8-5-2/h14,16-17,19,23-24,45H,4-13,15,18,20-22,25-44H2,1-3H3/b17-14-,19-16-,24-23-. The van der Waals surface area contributed by atoms with Gasteiger partial charge in [0.25, 0.3) is 0 Å². The van der Waals surface area contributed by atoms with Crippen molar-refractivity contribution in [3.8, 4) is 0 Å². The summed E-state index contributed by atoms with van der Waals surface area (Å²) in [4.78, 5) is 25.2. The maximum absolute atomic E-state index is 12.7. The van der Waals surface area contributed by atoms with E-state index in [2.05, 4.69) is 57.2 Å². The van der Waals surface area contributed by atoms with Gasteiger partial charge in [0.2, 0.25) is 0 Å². The molecule has 5 heteroatoms. The fraction of sp³-hybridized carbons (Fsp3) is 0.830. The summed E-state index contributed by atoms with van der Waals surface area (Å²) >= 11 is 0. The Kier molecular flexibility index (Phi) is 42.0. The van der Waals surface area contributed by atoms with Gasteiger partial charge in [0.15, 0.2) is 6.10 Å². The van der Waals surface area contributed by atoms with Crippen LogP contribution >= 0.6 is 0 Å². The van der Waals surface area contributed by atoms with Crippen LogP contribution in [0.1, 0.15) is 226 Å². The van der Waals surface area contributed by atoms with Crippen molar-refractivity contribution in [1.29, 1.82) is 0 Å². The van der Waals surface area contributed by atoms with E-state index in [0.29, 0.717) is 19.4 Å². The van der Waals surface area contributed by atoms with Crippen molar-refractivity contribution in [2.75, 3.05) is 19.8 Å². The van der Waals surface area contributed by atoms with E-state index in [1.165, 1.54) is 135 Å². The highest BCUT2D eigenvalue weighted by Gasteiger charge is 2.17. The Morgan fingerprint density at radius 1 is 0.423 bits per heavy atom. The predicted molar refractivity (Wildman–Crippen MR) is 224 cm³/mol. The monoisotopic (exact) mass is 731 g/mol. The van der Waals surface area contributed by atoms with Gasteiger partial charge in [-0.15, -0.1) is 0 Å². The van der Waals surface area contributed by atoms with E-state index >= 15 is 0 Å². The maximum atomic E-state index is 12.7. The van der Waals surface area contributed by atoms with Crippen LogP contribution in [0.4, 0.5) is 0 Å². The van der Waals surface area contributed by atoms with Crippen LogP contribution in [-0.4, -0.2) is 37.9 Å². The molecule has 52 heavy (non-hydrogen) atoms. The van der Waals surface area contributed by atoms with Crippen LogP contribution in [0.5, 0.6) is 0 Å². The topological polar surface area (TPSA) is 61.8 Å². The summed E-state index contributed by atoms with van der Waals surface area (Å²) in [7, 11) is 0. The zero-order chi connectivity index (χ0) is 37.8. The number of hydrogen-bond donors (Lipinski definition) is 0. The molecule has 0 N–H and O–H groups in total. The zero-order valence-corrected chi connectivity index (χ0v) is 34.8. The molecule has 0 aliphatic rings. The molecule has 304 valence electrons.